The van der Waals surface area contributed by atoms with E-state index in [1.54, 1.807) is 6.08 Å². The zero-order valence-corrected chi connectivity index (χ0v) is 12.3. The summed E-state index contributed by atoms with van der Waals surface area (Å²) in [4.78, 5) is 34.6. The fraction of sp³-hybridized carbons (Fsp3) is 0.0556. The highest BCUT2D eigenvalue weighted by Gasteiger charge is 2.27. The number of nitrogens with one attached hydrogen (secondary N) is 2. The number of barbiturate groups is 1. The minimum atomic E-state index is -0.804. The Morgan fingerprint density at radius 1 is 1.00 bits per heavy atom. The summed E-state index contributed by atoms with van der Waals surface area (Å²) in [6.45, 7) is 7.64. The van der Waals surface area contributed by atoms with Crippen molar-refractivity contribution in [1.82, 2.24) is 10.6 Å². The number of fused-ring (bicyclic) bond motifs is 1. The largest absolute Gasteiger partial charge is 0.328 e. The average molecular weight is 306 g/mol. The van der Waals surface area contributed by atoms with Crippen LogP contribution in [0.25, 0.3) is 11.6 Å². The van der Waals surface area contributed by atoms with Gasteiger partial charge >= 0.3 is 6.03 Å². The highest BCUT2D eigenvalue weighted by Crippen LogP contribution is 2.34. The summed E-state index contributed by atoms with van der Waals surface area (Å²) in [5.74, 6) is -1.40. The molecule has 4 amide bonds. The maximum Gasteiger partial charge on any atom is 0.328 e. The van der Waals surface area contributed by atoms with E-state index in [0.717, 1.165) is 28.7 Å². The molecule has 0 radical (unpaired) electrons. The van der Waals surface area contributed by atoms with Gasteiger partial charge in [0, 0.05) is 0 Å². The molecule has 1 heterocycles. The van der Waals surface area contributed by atoms with Crippen molar-refractivity contribution in [2.75, 3.05) is 0 Å². The van der Waals surface area contributed by atoms with Crippen LogP contribution in [0.15, 0.2) is 54.7 Å². The van der Waals surface area contributed by atoms with Crippen molar-refractivity contribution in [3.05, 3.63) is 71.3 Å². The molecular formula is C18H14N2O3. The van der Waals surface area contributed by atoms with Crippen LogP contribution in [0.2, 0.25) is 0 Å². The monoisotopic (exact) mass is 306 g/mol. The standard InChI is InChI=1S/C18H14N2O3/c1-3-11-9-12-7-10(5-6-14(12)13(11)4-2)8-15-16(21)19-18(23)20-17(15)22/h3-8H,1-2,9H2,(H2,19,20,21,22,23). The molecule has 1 saturated heterocycles. The summed E-state index contributed by atoms with van der Waals surface area (Å²) in [7, 11) is 0. The third-order valence-electron chi connectivity index (χ3n) is 3.85. The van der Waals surface area contributed by atoms with Crippen LogP contribution in [0.4, 0.5) is 4.79 Å². The van der Waals surface area contributed by atoms with E-state index in [2.05, 4.69) is 23.8 Å². The Labute approximate surface area is 133 Å². The van der Waals surface area contributed by atoms with Gasteiger partial charge in [0.2, 0.25) is 0 Å². The third kappa shape index (κ3) is 2.53. The first-order chi connectivity index (χ1) is 11.0. The van der Waals surface area contributed by atoms with Gasteiger partial charge in [-0.15, -0.1) is 0 Å². The van der Waals surface area contributed by atoms with Gasteiger partial charge in [0.05, 0.1) is 0 Å². The van der Waals surface area contributed by atoms with E-state index >= 15 is 0 Å². The first kappa shape index (κ1) is 14.7. The predicted octanol–water partition coefficient (Wildman–Crippen LogP) is 2.12. The maximum atomic E-state index is 11.8. The van der Waals surface area contributed by atoms with Crippen LogP contribution in [-0.2, 0) is 16.0 Å². The Morgan fingerprint density at radius 2 is 1.70 bits per heavy atom. The van der Waals surface area contributed by atoms with E-state index in [4.69, 9.17) is 0 Å². The molecule has 0 aromatic heterocycles. The molecule has 1 aromatic rings. The minimum absolute atomic E-state index is 0.0941. The molecule has 1 aromatic carbocycles. The van der Waals surface area contributed by atoms with Crippen molar-refractivity contribution in [2.24, 2.45) is 0 Å². The summed E-state index contributed by atoms with van der Waals surface area (Å²) in [6, 6.07) is 4.86. The normalized spacial score (nSPS) is 16.7. The number of hydrogen-bond acceptors (Lipinski definition) is 3. The van der Waals surface area contributed by atoms with Crippen LogP contribution in [-0.4, -0.2) is 17.8 Å². The van der Waals surface area contributed by atoms with Crippen LogP contribution in [0.1, 0.15) is 16.7 Å². The Kier molecular flexibility index (Phi) is 3.54. The molecule has 0 spiro atoms. The van der Waals surface area contributed by atoms with E-state index in [1.807, 2.05) is 24.3 Å². The summed E-state index contributed by atoms with van der Waals surface area (Å²) in [6.07, 6.45) is 5.81. The number of benzene rings is 1. The molecule has 0 saturated carbocycles. The Hall–Kier alpha value is -3.21. The molecule has 0 atom stereocenters. The number of carbonyl (C=O) groups excluding carboxylic acids is 3. The van der Waals surface area contributed by atoms with Gasteiger partial charge in [-0.3, -0.25) is 20.2 Å². The lowest BCUT2D eigenvalue weighted by Crippen LogP contribution is -2.51. The van der Waals surface area contributed by atoms with E-state index in [0.29, 0.717) is 5.56 Å². The summed E-state index contributed by atoms with van der Waals surface area (Å²) in [5.41, 5.74) is 4.92. The van der Waals surface area contributed by atoms with Crippen molar-refractivity contribution >= 4 is 29.5 Å². The molecular weight excluding hydrogens is 292 g/mol. The van der Waals surface area contributed by atoms with E-state index in [-0.39, 0.29) is 5.57 Å². The van der Waals surface area contributed by atoms with Crippen molar-refractivity contribution < 1.29 is 14.4 Å². The number of imide groups is 2. The zero-order chi connectivity index (χ0) is 16.6. The van der Waals surface area contributed by atoms with Gasteiger partial charge < -0.3 is 0 Å². The molecule has 1 aliphatic carbocycles. The number of carbonyl (C=O) groups is 3. The van der Waals surface area contributed by atoms with Crippen LogP contribution >= 0.6 is 0 Å². The molecule has 1 aliphatic heterocycles. The highest BCUT2D eigenvalue weighted by atomic mass is 16.2. The van der Waals surface area contributed by atoms with E-state index in [9.17, 15) is 14.4 Å². The molecule has 0 unspecified atom stereocenters. The van der Waals surface area contributed by atoms with Crippen LogP contribution in [0.3, 0.4) is 0 Å². The second-order valence-corrected chi connectivity index (χ2v) is 5.24. The van der Waals surface area contributed by atoms with Crippen LogP contribution in [0.5, 0.6) is 0 Å². The lowest BCUT2D eigenvalue weighted by Gasteiger charge is -2.14. The van der Waals surface area contributed by atoms with Gasteiger partial charge in [-0.1, -0.05) is 43.5 Å². The van der Waals surface area contributed by atoms with Gasteiger partial charge in [-0.2, -0.15) is 0 Å². The Morgan fingerprint density at radius 3 is 2.30 bits per heavy atom. The number of allylic oxidation sites excluding steroid dienone is 4. The lowest BCUT2D eigenvalue weighted by atomic mass is 10.0. The number of amides is 4. The Bertz CT molecular complexity index is 822. The smallest absolute Gasteiger partial charge is 0.273 e. The van der Waals surface area contributed by atoms with E-state index < -0.39 is 17.8 Å². The summed E-state index contributed by atoms with van der Waals surface area (Å²) >= 11 is 0. The molecule has 5 nitrogen and oxygen atoms in total. The first-order valence-corrected chi connectivity index (χ1v) is 7.03. The van der Waals surface area contributed by atoms with Crippen molar-refractivity contribution in [2.45, 2.75) is 6.42 Å². The predicted molar refractivity (Wildman–Crippen MR) is 87.1 cm³/mol. The first-order valence-electron chi connectivity index (χ1n) is 7.03. The van der Waals surface area contributed by atoms with Gasteiger partial charge in [0.15, 0.2) is 0 Å². The van der Waals surface area contributed by atoms with Gasteiger partial charge in [0.25, 0.3) is 11.8 Å². The van der Waals surface area contributed by atoms with Crippen molar-refractivity contribution in [3.8, 4) is 0 Å². The summed E-state index contributed by atoms with van der Waals surface area (Å²) < 4.78 is 0. The van der Waals surface area contributed by atoms with Crippen LogP contribution < -0.4 is 10.6 Å². The Balaban J connectivity index is 1.97. The molecule has 23 heavy (non-hydrogen) atoms. The third-order valence-corrected chi connectivity index (χ3v) is 3.85. The number of hydrogen-bond donors (Lipinski definition) is 2. The topological polar surface area (TPSA) is 75.3 Å². The lowest BCUT2D eigenvalue weighted by molar-refractivity contribution is -0.123. The summed E-state index contributed by atoms with van der Waals surface area (Å²) in [5, 5.41) is 4.10. The fourth-order valence-electron chi connectivity index (χ4n) is 2.78. The molecule has 114 valence electrons. The quantitative estimate of drug-likeness (QED) is 0.663. The van der Waals surface area contributed by atoms with Gasteiger partial charge in [0.1, 0.15) is 5.57 Å². The number of rotatable bonds is 3. The molecule has 5 heteroatoms. The molecule has 2 N–H and O–H groups in total. The second-order valence-electron chi connectivity index (χ2n) is 5.24. The fourth-order valence-corrected chi connectivity index (χ4v) is 2.78. The molecule has 0 bridgehead atoms. The van der Waals surface area contributed by atoms with Gasteiger partial charge in [-0.05, 0) is 40.3 Å². The average Bonchev–Trinajstić information content (AvgIpc) is 2.87. The second kappa shape index (κ2) is 5.53. The van der Waals surface area contributed by atoms with Crippen molar-refractivity contribution in [3.63, 3.8) is 0 Å². The molecule has 1 fully saturated rings. The molecule has 3 rings (SSSR count). The number of urea groups is 1. The minimum Gasteiger partial charge on any atom is -0.273 e. The van der Waals surface area contributed by atoms with Crippen LogP contribution in [0, 0.1) is 0 Å². The van der Waals surface area contributed by atoms with Crippen molar-refractivity contribution in [1.29, 1.82) is 0 Å². The van der Waals surface area contributed by atoms with Gasteiger partial charge in [-0.25, -0.2) is 4.79 Å². The highest BCUT2D eigenvalue weighted by molar-refractivity contribution is 6.31. The van der Waals surface area contributed by atoms with E-state index in [1.165, 1.54) is 6.08 Å². The maximum absolute atomic E-state index is 11.8. The molecule has 2 aliphatic rings. The SMILES string of the molecule is C=CC1=C(C=C)c2ccc(C=C3C(=O)NC(=O)NC3=O)cc2C1. The zero-order valence-electron chi connectivity index (χ0n) is 12.3.